The summed E-state index contributed by atoms with van der Waals surface area (Å²) in [5.74, 6) is 0.172. The summed E-state index contributed by atoms with van der Waals surface area (Å²) in [4.78, 5) is 11.8. The normalized spacial score (nSPS) is 11.2. The van der Waals surface area contributed by atoms with E-state index < -0.39 is 0 Å². The van der Waals surface area contributed by atoms with Gasteiger partial charge in [-0.2, -0.15) is 5.10 Å². The van der Waals surface area contributed by atoms with Gasteiger partial charge in [0.2, 0.25) is 0 Å². The molecule has 112 valence electrons. The smallest absolute Gasteiger partial charge is 0.320 e. The summed E-state index contributed by atoms with van der Waals surface area (Å²) in [5, 5.41) is 12.3. The molecule has 6 heteroatoms. The second kappa shape index (κ2) is 5.95. The molecule has 0 atom stereocenters. The molecule has 0 bridgehead atoms. The Labute approximate surface area is 123 Å². The topological polar surface area (TPSA) is 69.8 Å². The maximum absolute atomic E-state index is 12.8. The Morgan fingerprint density at radius 3 is 2.52 bits per heavy atom. The SMILES string of the molecule is CC(C)(C)c1cc(NC(=O)NCc2ccc(F)cc2)n[nH]1. The molecule has 2 aromatic rings. The molecule has 1 aromatic heterocycles. The van der Waals surface area contributed by atoms with Gasteiger partial charge in [0.05, 0.1) is 0 Å². The molecule has 0 spiro atoms. The van der Waals surface area contributed by atoms with Crippen molar-refractivity contribution >= 4 is 11.8 Å². The zero-order chi connectivity index (χ0) is 15.5. The average Bonchev–Trinajstić information content (AvgIpc) is 2.86. The number of carbonyl (C=O) groups is 1. The first kappa shape index (κ1) is 15.0. The molecular weight excluding hydrogens is 271 g/mol. The summed E-state index contributed by atoms with van der Waals surface area (Å²) in [6, 6.07) is 7.42. The number of nitrogens with one attached hydrogen (secondary N) is 3. The van der Waals surface area contributed by atoms with Gasteiger partial charge in [0.25, 0.3) is 0 Å². The molecule has 0 saturated carbocycles. The molecule has 0 aliphatic rings. The van der Waals surface area contributed by atoms with Crippen molar-refractivity contribution in [1.29, 1.82) is 0 Å². The zero-order valence-electron chi connectivity index (χ0n) is 12.3. The summed E-state index contributed by atoms with van der Waals surface area (Å²) in [6.45, 7) is 6.49. The van der Waals surface area contributed by atoms with Crippen LogP contribution in [0.2, 0.25) is 0 Å². The van der Waals surface area contributed by atoms with Crippen LogP contribution in [-0.2, 0) is 12.0 Å². The molecular formula is C15H19FN4O. The maximum Gasteiger partial charge on any atom is 0.320 e. The number of aromatic nitrogens is 2. The van der Waals surface area contributed by atoms with Crippen molar-refractivity contribution in [3.8, 4) is 0 Å². The van der Waals surface area contributed by atoms with E-state index in [0.29, 0.717) is 12.4 Å². The first-order valence-corrected chi connectivity index (χ1v) is 6.70. The number of benzene rings is 1. The Hall–Kier alpha value is -2.37. The molecule has 0 saturated heterocycles. The molecule has 21 heavy (non-hydrogen) atoms. The largest absolute Gasteiger partial charge is 0.334 e. The quantitative estimate of drug-likeness (QED) is 0.812. The first-order valence-electron chi connectivity index (χ1n) is 6.70. The maximum atomic E-state index is 12.8. The Bertz CT molecular complexity index is 613. The monoisotopic (exact) mass is 290 g/mol. The number of halogens is 1. The van der Waals surface area contributed by atoms with E-state index in [4.69, 9.17) is 0 Å². The van der Waals surface area contributed by atoms with Crippen molar-refractivity contribution in [3.05, 3.63) is 47.4 Å². The lowest BCUT2D eigenvalue weighted by Crippen LogP contribution is -2.28. The number of urea groups is 1. The fourth-order valence-corrected chi connectivity index (χ4v) is 1.72. The minimum atomic E-state index is -0.355. The van der Waals surface area contributed by atoms with Crippen molar-refractivity contribution in [1.82, 2.24) is 15.5 Å². The Morgan fingerprint density at radius 1 is 1.29 bits per heavy atom. The van der Waals surface area contributed by atoms with E-state index in [-0.39, 0.29) is 17.3 Å². The van der Waals surface area contributed by atoms with Crippen LogP contribution in [0.3, 0.4) is 0 Å². The van der Waals surface area contributed by atoms with Gasteiger partial charge in [-0.05, 0) is 17.7 Å². The van der Waals surface area contributed by atoms with Gasteiger partial charge in [0, 0.05) is 23.7 Å². The number of rotatable bonds is 3. The number of H-pyrrole nitrogens is 1. The molecule has 0 unspecified atom stereocenters. The van der Waals surface area contributed by atoms with Crippen LogP contribution in [0.5, 0.6) is 0 Å². The minimum absolute atomic E-state index is 0.0580. The van der Waals surface area contributed by atoms with Crippen LogP contribution in [0.15, 0.2) is 30.3 Å². The lowest BCUT2D eigenvalue weighted by molar-refractivity contribution is 0.251. The van der Waals surface area contributed by atoms with E-state index in [1.807, 2.05) is 0 Å². The van der Waals surface area contributed by atoms with Crippen molar-refractivity contribution in [2.24, 2.45) is 0 Å². The Kier molecular flexibility index (Phi) is 4.26. The summed E-state index contributed by atoms with van der Waals surface area (Å²) < 4.78 is 12.8. The van der Waals surface area contributed by atoms with Crippen molar-refractivity contribution in [2.75, 3.05) is 5.32 Å². The molecule has 5 nitrogen and oxygen atoms in total. The fraction of sp³-hybridized carbons (Fsp3) is 0.333. The number of hydrogen-bond donors (Lipinski definition) is 3. The third-order valence-corrected chi connectivity index (χ3v) is 2.99. The summed E-state index contributed by atoms with van der Waals surface area (Å²) >= 11 is 0. The third-order valence-electron chi connectivity index (χ3n) is 2.99. The molecule has 0 aliphatic carbocycles. The molecule has 2 rings (SSSR count). The van der Waals surface area contributed by atoms with Crippen molar-refractivity contribution < 1.29 is 9.18 Å². The number of amides is 2. The van der Waals surface area contributed by atoms with E-state index in [1.54, 1.807) is 18.2 Å². The van der Waals surface area contributed by atoms with Gasteiger partial charge in [-0.3, -0.25) is 10.4 Å². The standard InChI is InChI=1S/C15H19FN4O/c1-15(2,3)12-8-13(20-19-12)18-14(21)17-9-10-4-6-11(16)7-5-10/h4-8H,9H2,1-3H3,(H3,17,18,19,20,21). The van der Waals surface area contributed by atoms with Crippen LogP contribution in [0, 0.1) is 5.82 Å². The zero-order valence-corrected chi connectivity index (χ0v) is 12.3. The molecule has 3 N–H and O–H groups in total. The van der Waals surface area contributed by atoms with E-state index in [0.717, 1.165) is 11.3 Å². The van der Waals surface area contributed by atoms with Gasteiger partial charge in [-0.25, -0.2) is 9.18 Å². The lowest BCUT2D eigenvalue weighted by Gasteiger charge is -2.14. The van der Waals surface area contributed by atoms with Crippen LogP contribution in [0.25, 0.3) is 0 Å². The predicted octanol–water partition coefficient (Wildman–Crippen LogP) is 3.17. The molecule has 1 aromatic carbocycles. The van der Waals surface area contributed by atoms with E-state index >= 15 is 0 Å². The van der Waals surface area contributed by atoms with E-state index in [1.165, 1.54) is 12.1 Å². The third kappa shape index (κ3) is 4.30. The summed E-state index contributed by atoms with van der Waals surface area (Å²) in [5.41, 5.74) is 1.71. The molecule has 2 amide bonds. The van der Waals surface area contributed by atoms with Crippen molar-refractivity contribution in [3.63, 3.8) is 0 Å². The number of aromatic amines is 1. The van der Waals surface area contributed by atoms with Crippen molar-refractivity contribution in [2.45, 2.75) is 32.7 Å². The van der Waals surface area contributed by atoms with Gasteiger partial charge in [-0.15, -0.1) is 0 Å². The average molecular weight is 290 g/mol. The number of nitrogens with zero attached hydrogens (tertiary/aromatic N) is 1. The van der Waals surface area contributed by atoms with Crippen LogP contribution in [0.4, 0.5) is 15.0 Å². The highest BCUT2D eigenvalue weighted by molar-refractivity contribution is 5.88. The van der Waals surface area contributed by atoms with Gasteiger partial charge in [-0.1, -0.05) is 32.9 Å². The van der Waals surface area contributed by atoms with Gasteiger partial charge in [0.1, 0.15) is 5.82 Å². The highest BCUT2D eigenvalue weighted by Crippen LogP contribution is 2.21. The van der Waals surface area contributed by atoms with E-state index in [2.05, 4.69) is 41.6 Å². The number of anilines is 1. The lowest BCUT2D eigenvalue weighted by atomic mass is 9.92. The highest BCUT2D eigenvalue weighted by atomic mass is 19.1. The molecule has 1 heterocycles. The Morgan fingerprint density at radius 2 is 1.95 bits per heavy atom. The van der Waals surface area contributed by atoms with Crippen LogP contribution in [0.1, 0.15) is 32.0 Å². The summed E-state index contributed by atoms with van der Waals surface area (Å²) in [6.07, 6.45) is 0. The van der Waals surface area contributed by atoms with Crippen LogP contribution >= 0.6 is 0 Å². The molecule has 0 fully saturated rings. The van der Waals surface area contributed by atoms with E-state index in [9.17, 15) is 9.18 Å². The van der Waals surface area contributed by atoms with Crippen LogP contribution < -0.4 is 10.6 Å². The van der Waals surface area contributed by atoms with Gasteiger partial charge >= 0.3 is 6.03 Å². The van der Waals surface area contributed by atoms with Gasteiger partial charge in [0.15, 0.2) is 5.82 Å². The highest BCUT2D eigenvalue weighted by Gasteiger charge is 2.17. The molecule has 0 radical (unpaired) electrons. The van der Waals surface area contributed by atoms with Gasteiger partial charge < -0.3 is 5.32 Å². The number of hydrogen-bond acceptors (Lipinski definition) is 2. The number of carbonyl (C=O) groups excluding carboxylic acids is 1. The second-order valence-electron chi connectivity index (χ2n) is 5.85. The second-order valence-corrected chi connectivity index (χ2v) is 5.85. The predicted molar refractivity (Wildman–Crippen MR) is 79.5 cm³/mol. The molecule has 0 aliphatic heterocycles. The van der Waals surface area contributed by atoms with Crippen LogP contribution in [-0.4, -0.2) is 16.2 Å². The summed E-state index contributed by atoms with van der Waals surface area (Å²) in [7, 11) is 0. The fourth-order valence-electron chi connectivity index (χ4n) is 1.72. The minimum Gasteiger partial charge on any atom is -0.334 e. The Balaban J connectivity index is 1.87. The first-order chi connectivity index (χ1) is 9.84.